The van der Waals surface area contributed by atoms with E-state index in [1.165, 1.54) is 35.9 Å². The number of carbonyl (C=O) groups is 1. The second-order valence-electron chi connectivity index (χ2n) is 21.0. The predicted octanol–water partition coefficient (Wildman–Crippen LogP) is 10.1. The largest absolute Gasteiger partial charge is 0.489 e. The van der Waals surface area contributed by atoms with Crippen molar-refractivity contribution in [3.63, 3.8) is 0 Å². The number of nitro groups is 1. The molecule has 1 amide bonds. The number of aromatic nitrogens is 2. The van der Waals surface area contributed by atoms with E-state index >= 15 is 0 Å². The number of ether oxygens (including phenoxy) is 3. The number of pyridine rings is 1. The summed E-state index contributed by atoms with van der Waals surface area (Å²) in [6, 6.07) is 19.0. The fourth-order valence-electron chi connectivity index (χ4n) is 11.8. The van der Waals surface area contributed by atoms with Crippen LogP contribution < -0.4 is 29.1 Å². The molecule has 5 heterocycles. The van der Waals surface area contributed by atoms with Crippen molar-refractivity contribution in [2.45, 2.75) is 126 Å². The molecule has 4 fully saturated rings. The Bertz CT molecular complexity index is 2980. The zero-order valence-corrected chi connectivity index (χ0v) is 41.3. The highest BCUT2D eigenvalue weighted by Crippen LogP contribution is 2.54. The van der Waals surface area contributed by atoms with Crippen LogP contribution >= 0.6 is 0 Å². The van der Waals surface area contributed by atoms with Crippen LogP contribution in [0.25, 0.3) is 11.0 Å². The number of carbonyl (C=O) groups excluding carboxylic acids is 1. The Morgan fingerprint density at radius 1 is 1.01 bits per heavy atom. The Balaban J connectivity index is 0.897. The molecule has 3 aromatic carbocycles. The van der Waals surface area contributed by atoms with Crippen molar-refractivity contribution in [2.24, 2.45) is 11.3 Å². The maximum absolute atomic E-state index is 14.3. The highest BCUT2D eigenvalue weighted by atomic mass is 32.2. The number of H-pyrrole nitrogens is 1. The van der Waals surface area contributed by atoms with Gasteiger partial charge in [-0.05, 0) is 130 Å². The summed E-state index contributed by atoms with van der Waals surface area (Å²) in [5.41, 5.74) is 2.22. The van der Waals surface area contributed by atoms with Gasteiger partial charge in [0, 0.05) is 60.6 Å². The second-order valence-corrected chi connectivity index (χ2v) is 22.7. The Kier molecular flexibility index (Phi) is 13.1. The van der Waals surface area contributed by atoms with E-state index in [1.807, 2.05) is 4.72 Å². The average molecular weight is 1020 g/mol. The van der Waals surface area contributed by atoms with E-state index < -0.39 is 55.7 Å². The first-order chi connectivity index (χ1) is 34.2. The summed E-state index contributed by atoms with van der Waals surface area (Å²) >= 11 is 0. The van der Waals surface area contributed by atoms with Gasteiger partial charge in [-0.15, -0.1) is 0 Å². The number of nitrogens with one attached hydrogen (secondary N) is 3. The summed E-state index contributed by atoms with van der Waals surface area (Å²) < 4.78 is 88.0. The zero-order chi connectivity index (χ0) is 50.7. The quantitative estimate of drug-likeness (QED) is 0.0642. The molecule has 0 unspecified atom stereocenters. The minimum absolute atomic E-state index is 0.00549. The van der Waals surface area contributed by atoms with Crippen LogP contribution in [0.5, 0.6) is 23.1 Å². The highest BCUT2D eigenvalue weighted by Gasteiger charge is 2.50. The van der Waals surface area contributed by atoms with Gasteiger partial charge < -0.3 is 34.5 Å². The minimum Gasteiger partial charge on any atom is -0.489 e. The lowest BCUT2D eigenvalue weighted by atomic mass is 9.59. The van der Waals surface area contributed by atoms with Gasteiger partial charge in [0.25, 0.3) is 27.5 Å². The highest BCUT2D eigenvalue weighted by molar-refractivity contribution is 7.90. The number of halogens is 3. The monoisotopic (exact) mass is 1020 g/mol. The molecule has 2 aliphatic carbocycles. The van der Waals surface area contributed by atoms with E-state index in [-0.39, 0.29) is 58.1 Å². The van der Waals surface area contributed by atoms with Gasteiger partial charge in [0.15, 0.2) is 23.8 Å². The second kappa shape index (κ2) is 19.1. The van der Waals surface area contributed by atoms with E-state index in [0.717, 1.165) is 50.8 Å². The molecule has 0 radical (unpaired) electrons. The number of piperidine rings is 1. The minimum atomic E-state index is -4.84. The normalized spacial score (nSPS) is 23.6. The number of hydrogen-bond acceptors (Lipinski definition) is 13. The number of amides is 1. The molecular weight excluding hydrogens is 956 g/mol. The molecule has 4 N–H and O–H groups in total. The van der Waals surface area contributed by atoms with E-state index in [0.29, 0.717) is 67.8 Å². The van der Waals surface area contributed by atoms with Gasteiger partial charge in [-0.3, -0.25) is 19.8 Å². The molecule has 16 nitrogen and oxygen atoms in total. The summed E-state index contributed by atoms with van der Waals surface area (Å²) in [5.74, 6) is -1.75. The molecule has 10 rings (SSSR count). The van der Waals surface area contributed by atoms with E-state index in [1.54, 1.807) is 25.1 Å². The zero-order valence-electron chi connectivity index (χ0n) is 40.5. The summed E-state index contributed by atoms with van der Waals surface area (Å²) in [4.78, 5) is 37.3. The molecule has 1 spiro atoms. The van der Waals surface area contributed by atoms with Crippen LogP contribution in [0.1, 0.15) is 118 Å². The summed E-state index contributed by atoms with van der Waals surface area (Å²) in [5, 5.41) is 26.6. The fourth-order valence-corrected chi connectivity index (χ4v) is 12.8. The van der Waals surface area contributed by atoms with Crippen molar-refractivity contribution in [3.8, 4) is 23.1 Å². The number of rotatable bonds is 13. The van der Waals surface area contributed by atoms with Gasteiger partial charge in [-0.25, -0.2) is 13.1 Å². The molecule has 2 aromatic heterocycles. The number of nitro benzene ring substituents is 1. The molecule has 5 aromatic rings. The van der Waals surface area contributed by atoms with E-state index in [2.05, 4.69) is 63.2 Å². The van der Waals surface area contributed by atoms with Gasteiger partial charge in [-0.2, -0.15) is 18.2 Å². The molecule has 0 bridgehead atoms. The lowest BCUT2D eigenvalue weighted by Crippen LogP contribution is -2.54. The number of sulfonamides is 1. The van der Waals surface area contributed by atoms with Crippen molar-refractivity contribution >= 4 is 44.0 Å². The van der Waals surface area contributed by atoms with Gasteiger partial charge in [0.2, 0.25) is 0 Å². The van der Waals surface area contributed by atoms with Crippen LogP contribution in [-0.4, -0.2) is 95.9 Å². The standard InChI is InChI=1S/C52H60F3N7O9S/c1-31(2)37-7-4-5-8-38(37)41-9-6-20-61(41)35-27-51(28-35)17-21-60(22-18-51)34-10-11-39(43(24-34)71-45-23-33-14-19-56-47(33)58-49(45)70-30-52(53,54)55)48(63)59-72(67,68)36-25-42(62(65)66)46-44(26-36)69-29-40(57-46)32-12-15-50(3,64)16-13-32/h4-5,7-8,10-11,14,19,23-26,31-32,35,40-41,57,64H,6,9,12-13,15-18,20-22,27-30H2,1-3H3,(H,56,58)(H,59,63)/t32-,40-,41-,50-/m1/s1. The summed E-state index contributed by atoms with van der Waals surface area (Å²) in [6.07, 6.45) is 5.59. The molecule has 3 aliphatic heterocycles. The number of likely N-dealkylation sites (tertiary alicyclic amines) is 1. The van der Waals surface area contributed by atoms with Crippen LogP contribution in [0, 0.1) is 21.4 Å². The van der Waals surface area contributed by atoms with Crippen LogP contribution in [0.15, 0.2) is 77.8 Å². The first-order valence-corrected chi connectivity index (χ1v) is 26.3. The van der Waals surface area contributed by atoms with Crippen LogP contribution in [0.2, 0.25) is 0 Å². The number of hydrogen-bond donors (Lipinski definition) is 4. The number of fused-ring (bicyclic) bond motifs is 2. The van der Waals surface area contributed by atoms with Crippen LogP contribution in [-0.2, 0) is 10.0 Å². The summed E-state index contributed by atoms with van der Waals surface area (Å²) in [6.45, 7) is 7.11. The third kappa shape index (κ3) is 10.1. The van der Waals surface area contributed by atoms with Crippen molar-refractivity contribution in [1.82, 2.24) is 19.6 Å². The van der Waals surface area contributed by atoms with Gasteiger partial charge in [0.05, 0.1) is 27.0 Å². The van der Waals surface area contributed by atoms with Gasteiger partial charge in [0.1, 0.15) is 18.0 Å². The van der Waals surface area contributed by atoms with Crippen molar-refractivity contribution < 1.29 is 50.6 Å². The third-order valence-electron chi connectivity index (χ3n) is 15.7. The first kappa shape index (κ1) is 49.5. The average Bonchev–Trinajstić information content (AvgIpc) is 4.01. The van der Waals surface area contributed by atoms with Crippen LogP contribution in [0.3, 0.4) is 0 Å². The van der Waals surface area contributed by atoms with E-state index in [4.69, 9.17) is 14.2 Å². The van der Waals surface area contributed by atoms with Crippen molar-refractivity contribution in [2.75, 3.05) is 43.1 Å². The third-order valence-corrected chi connectivity index (χ3v) is 17.1. The lowest BCUT2D eigenvalue weighted by molar-refractivity contribution is -0.384. The number of benzene rings is 3. The molecule has 2 saturated carbocycles. The Morgan fingerprint density at radius 3 is 2.49 bits per heavy atom. The first-order valence-electron chi connectivity index (χ1n) is 24.8. The molecule has 72 heavy (non-hydrogen) atoms. The molecular formula is C52H60F3N7O9S. The SMILES string of the molecule is CC(C)c1ccccc1[C@H]1CCCN1C1CC2(CCN(c3ccc(C(=O)NS(=O)(=O)c4cc5c(c([N+](=O)[O-])c4)N[C@@H]([C@H]4CC[C@](C)(O)CC4)CO5)c(Oc4cc5cc[nH]c5nc4OCC(F)(F)F)c3)CC2)C1. The number of alkyl halides is 3. The molecule has 2 saturated heterocycles. The van der Waals surface area contributed by atoms with Crippen molar-refractivity contribution in [1.29, 1.82) is 0 Å². The number of aromatic amines is 1. The summed E-state index contributed by atoms with van der Waals surface area (Å²) in [7, 11) is -4.84. The number of aliphatic hydroxyl groups is 1. The lowest BCUT2D eigenvalue weighted by Gasteiger charge is -2.56. The van der Waals surface area contributed by atoms with Gasteiger partial charge >= 0.3 is 6.18 Å². The Labute approximate surface area is 415 Å². The van der Waals surface area contributed by atoms with Crippen LogP contribution in [0.4, 0.5) is 30.2 Å². The maximum Gasteiger partial charge on any atom is 0.422 e. The Hall–Kier alpha value is -6.12. The number of anilines is 2. The van der Waals surface area contributed by atoms with Crippen molar-refractivity contribution in [3.05, 3.63) is 99.7 Å². The molecule has 20 heteroatoms. The fraction of sp³-hybridized carbons (Fsp3) is 0.500. The molecule has 5 aliphatic rings. The predicted molar refractivity (Wildman–Crippen MR) is 264 cm³/mol. The Morgan fingerprint density at radius 2 is 1.76 bits per heavy atom. The van der Waals surface area contributed by atoms with E-state index in [9.17, 15) is 41.6 Å². The molecule has 384 valence electrons. The topological polar surface area (TPSA) is 201 Å². The smallest absolute Gasteiger partial charge is 0.422 e. The number of nitrogens with zero attached hydrogens (tertiary/aromatic N) is 4. The maximum atomic E-state index is 14.3. The van der Waals surface area contributed by atoms with Gasteiger partial charge in [-0.1, -0.05) is 38.1 Å². The molecule has 2 atom stereocenters.